The highest BCUT2D eigenvalue weighted by atomic mass is 32.2. The molecule has 0 aliphatic carbocycles. The van der Waals surface area contributed by atoms with Gasteiger partial charge in [0.1, 0.15) is 11.6 Å². The lowest BCUT2D eigenvalue weighted by Gasteiger charge is -2.11. The first kappa shape index (κ1) is 21.9. The van der Waals surface area contributed by atoms with Gasteiger partial charge in [-0.1, -0.05) is 12.1 Å². The molecule has 0 aliphatic rings. The van der Waals surface area contributed by atoms with Crippen LogP contribution in [0.3, 0.4) is 0 Å². The van der Waals surface area contributed by atoms with Crippen molar-refractivity contribution in [1.29, 1.82) is 0 Å². The molecule has 7 nitrogen and oxygen atoms in total. The van der Waals surface area contributed by atoms with Gasteiger partial charge in [0.25, 0.3) is 15.9 Å². The van der Waals surface area contributed by atoms with Crippen molar-refractivity contribution in [3.63, 3.8) is 0 Å². The van der Waals surface area contributed by atoms with E-state index in [-0.39, 0.29) is 27.5 Å². The van der Waals surface area contributed by atoms with Gasteiger partial charge < -0.3 is 10.6 Å². The fourth-order valence-corrected chi connectivity index (χ4v) is 3.69. The van der Waals surface area contributed by atoms with Gasteiger partial charge in [0.15, 0.2) is 0 Å². The van der Waals surface area contributed by atoms with Crippen molar-refractivity contribution in [3.05, 3.63) is 83.9 Å². The van der Waals surface area contributed by atoms with Gasteiger partial charge >= 0.3 is 0 Å². The predicted molar refractivity (Wildman–Crippen MR) is 112 cm³/mol. The van der Waals surface area contributed by atoms with Crippen LogP contribution in [0.15, 0.2) is 71.6 Å². The quantitative estimate of drug-likeness (QED) is 0.534. The van der Waals surface area contributed by atoms with E-state index in [9.17, 15) is 26.8 Å². The van der Waals surface area contributed by atoms with Crippen LogP contribution in [0.1, 0.15) is 17.3 Å². The Bertz CT molecular complexity index is 1250. The second kappa shape index (κ2) is 8.92. The van der Waals surface area contributed by atoms with E-state index in [4.69, 9.17) is 0 Å². The van der Waals surface area contributed by atoms with E-state index in [0.717, 1.165) is 12.1 Å². The van der Waals surface area contributed by atoms with E-state index < -0.39 is 33.5 Å². The molecule has 0 bridgehead atoms. The summed E-state index contributed by atoms with van der Waals surface area (Å²) in [5.41, 5.74) is 0.0740. The number of benzene rings is 3. The summed E-state index contributed by atoms with van der Waals surface area (Å²) in [6, 6.07) is 13.9. The monoisotopic (exact) mass is 445 g/mol. The van der Waals surface area contributed by atoms with Crippen LogP contribution in [0.5, 0.6) is 0 Å². The number of sulfonamides is 1. The fourth-order valence-electron chi connectivity index (χ4n) is 2.62. The van der Waals surface area contributed by atoms with Crippen molar-refractivity contribution >= 4 is 38.9 Å². The second-order valence-electron chi connectivity index (χ2n) is 6.44. The number of hydrogen-bond donors (Lipinski definition) is 3. The van der Waals surface area contributed by atoms with Crippen molar-refractivity contribution in [2.75, 3.05) is 15.4 Å². The number of rotatable bonds is 6. The summed E-state index contributed by atoms with van der Waals surface area (Å²) in [6.07, 6.45) is 0. The minimum atomic E-state index is -4.06. The summed E-state index contributed by atoms with van der Waals surface area (Å²) in [5, 5.41) is 4.84. The van der Waals surface area contributed by atoms with Crippen LogP contribution in [0.25, 0.3) is 0 Å². The van der Waals surface area contributed by atoms with Crippen LogP contribution in [0.4, 0.5) is 25.8 Å². The lowest BCUT2D eigenvalue weighted by Crippen LogP contribution is -2.15. The van der Waals surface area contributed by atoms with Crippen LogP contribution in [-0.2, 0) is 14.8 Å². The average Bonchev–Trinajstić information content (AvgIpc) is 2.72. The lowest BCUT2D eigenvalue weighted by atomic mass is 10.2. The third kappa shape index (κ3) is 5.43. The average molecular weight is 445 g/mol. The molecule has 0 aliphatic heterocycles. The standard InChI is InChI=1S/C21H17F2N3O4S/c1-13(27)24-20-12-15(8-11-18(20)23)25-21(28)14-6-9-16(10-7-14)31(29,30)26-19-5-3-2-4-17(19)22/h2-12,26H,1H3,(H,24,27)(H,25,28). The Hall–Kier alpha value is -3.79. The van der Waals surface area contributed by atoms with Gasteiger partial charge in [-0.15, -0.1) is 0 Å². The summed E-state index contributed by atoms with van der Waals surface area (Å²) < 4.78 is 54.4. The SMILES string of the molecule is CC(=O)Nc1cc(NC(=O)c2ccc(S(=O)(=O)Nc3ccccc3F)cc2)ccc1F. The van der Waals surface area contributed by atoms with E-state index in [2.05, 4.69) is 15.4 Å². The zero-order chi connectivity index (χ0) is 22.6. The molecule has 31 heavy (non-hydrogen) atoms. The highest BCUT2D eigenvalue weighted by Crippen LogP contribution is 2.22. The van der Waals surface area contributed by atoms with Crippen LogP contribution in [0, 0.1) is 11.6 Å². The first-order chi connectivity index (χ1) is 14.7. The summed E-state index contributed by atoms with van der Waals surface area (Å²) in [7, 11) is -4.06. The van der Waals surface area contributed by atoms with Gasteiger partial charge in [0.05, 0.1) is 16.3 Å². The lowest BCUT2D eigenvalue weighted by molar-refractivity contribution is -0.114. The normalized spacial score (nSPS) is 10.9. The maximum absolute atomic E-state index is 13.7. The third-order valence-corrected chi connectivity index (χ3v) is 5.46. The molecule has 0 unspecified atom stereocenters. The molecule has 0 radical (unpaired) electrons. The maximum Gasteiger partial charge on any atom is 0.261 e. The zero-order valence-corrected chi connectivity index (χ0v) is 17.0. The van der Waals surface area contributed by atoms with Gasteiger partial charge in [-0.25, -0.2) is 17.2 Å². The molecule has 3 N–H and O–H groups in total. The number of carbonyl (C=O) groups excluding carboxylic acids is 2. The van der Waals surface area contributed by atoms with E-state index in [1.807, 2.05) is 0 Å². The number of para-hydroxylation sites is 1. The number of anilines is 3. The highest BCUT2D eigenvalue weighted by Gasteiger charge is 2.17. The van der Waals surface area contributed by atoms with E-state index in [1.165, 1.54) is 61.5 Å². The molecule has 0 atom stereocenters. The van der Waals surface area contributed by atoms with Gasteiger partial charge in [-0.2, -0.15) is 0 Å². The number of amides is 2. The molecular weight excluding hydrogens is 428 g/mol. The van der Waals surface area contributed by atoms with Crippen molar-refractivity contribution in [3.8, 4) is 0 Å². The van der Waals surface area contributed by atoms with Crippen LogP contribution in [-0.4, -0.2) is 20.2 Å². The molecular formula is C21H17F2N3O4S. The Morgan fingerprint density at radius 3 is 2.10 bits per heavy atom. The zero-order valence-electron chi connectivity index (χ0n) is 16.1. The van der Waals surface area contributed by atoms with E-state index >= 15 is 0 Å². The van der Waals surface area contributed by atoms with Crippen molar-refractivity contribution in [2.24, 2.45) is 0 Å². The van der Waals surface area contributed by atoms with E-state index in [0.29, 0.717) is 0 Å². The minimum absolute atomic E-state index is 0.0917. The van der Waals surface area contributed by atoms with Crippen LogP contribution < -0.4 is 15.4 Å². The smallest absolute Gasteiger partial charge is 0.261 e. The molecule has 3 aromatic rings. The predicted octanol–water partition coefficient (Wildman–Crippen LogP) is 3.98. The second-order valence-corrected chi connectivity index (χ2v) is 8.12. The first-order valence-corrected chi connectivity index (χ1v) is 10.4. The summed E-state index contributed by atoms with van der Waals surface area (Å²) in [4.78, 5) is 23.4. The van der Waals surface area contributed by atoms with Crippen LogP contribution in [0.2, 0.25) is 0 Å². The minimum Gasteiger partial charge on any atom is -0.324 e. The number of halogens is 2. The molecule has 2 amide bonds. The van der Waals surface area contributed by atoms with Gasteiger partial charge in [0.2, 0.25) is 5.91 Å². The Balaban J connectivity index is 1.74. The Morgan fingerprint density at radius 1 is 0.806 bits per heavy atom. The molecule has 0 spiro atoms. The molecule has 3 aromatic carbocycles. The molecule has 3 rings (SSSR count). The molecule has 160 valence electrons. The molecule has 10 heteroatoms. The van der Waals surface area contributed by atoms with Crippen molar-refractivity contribution < 1.29 is 26.8 Å². The largest absolute Gasteiger partial charge is 0.324 e. The molecule has 0 saturated carbocycles. The van der Waals surface area contributed by atoms with Crippen LogP contribution >= 0.6 is 0 Å². The highest BCUT2D eigenvalue weighted by molar-refractivity contribution is 7.92. The number of carbonyl (C=O) groups is 2. The Morgan fingerprint density at radius 2 is 1.45 bits per heavy atom. The molecule has 0 fully saturated rings. The molecule has 0 heterocycles. The van der Waals surface area contributed by atoms with Gasteiger partial charge in [-0.3, -0.25) is 14.3 Å². The Kier molecular flexibility index (Phi) is 6.30. The third-order valence-electron chi connectivity index (χ3n) is 4.08. The fraction of sp³-hybridized carbons (Fsp3) is 0.0476. The first-order valence-electron chi connectivity index (χ1n) is 8.91. The van der Waals surface area contributed by atoms with Gasteiger partial charge in [-0.05, 0) is 54.6 Å². The number of hydrogen-bond acceptors (Lipinski definition) is 4. The summed E-state index contributed by atoms with van der Waals surface area (Å²) in [6.45, 7) is 1.22. The van der Waals surface area contributed by atoms with E-state index in [1.54, 1.807) is 0 Å². The summed E-state index contributed by atoms with van der Waals surface area (Å²) in [5.74, 6) is -2.43. The summed E-state index contributed by atoms with van der Waals surface area (Å²) >= 11 is 0. The number of nitrogens with one attached hydrogen (secondary N) is 3. The van der Waals surface area contributed by atoms with Crippen molar-refractivity contribution in [2.45, 2.75) is 11.8 Å². The van der Waals surface area contributed by atoms with Gasteiger partial charge in [0, 0.05) is 18.2 Å². The Labute approximate surface area is 177 Å². The molecule has 0 saturated heterocycles. The topological polar surface area (TPSA) is 104 Å². The molecule has 0 aromatic heterocycles. The maximum atomic E-state index is 13.7. The van der Waals surface area contributed by atoms with Crippen molar-refractivity contribution in [1.82, 2.24) is 0 Å².